The fourth-order valence-electron chi connectivity index (χ4n) is 2.85. The van der Waals surface area contributed by atoms with Crippen LogP contribution in [0.1, 0.15) is 31.7 Å². The van der Waals surface area contributed by atoms with Gasteiger partial charge in [0.2, 0.25) is 0 Å². The summed E-state index contributed by atoms with van der Waals surface area (Å²) in [6.07, 6.45) is 6.28. The van der Waals surface area contributed by atoms with Gasteiger partial charge in [0.15, 0.2) is 5.52 Å². The number of hydrogen-bond donors (Lipinski definition) is 0. The molecule has 0 N–H and O–H groups in total. The van der Waals surface area contributed by atoms with Gasteiger partial charge < -0.3 is 4.57 Å². The Morgan fingerprint density at radius 3 is 2.50 bits per heavy atom. The number of aromatic nitrogens is 4. The van der Waals surface area contributed by atoms with Crippen LogP contribution in [-0.2, 0) is 14.1 Å². The lowest BCUT2D eigenvalue weighted by atomic mass is 10.2. The number of fused-ring (bicyclic) bond motifs is 1. The molecule has 0 spiro atoms. The summed E-state index contributed by atoms with van der Waals surface area (Å²) in [7, 11) is 3.18. The minimum atomic E-state index is -0.315. The lowest BCUT2D eigenvalue weighted by Gasteiger charge is -2.14. The highest BCUT2D eigenvalue weighted by atomic mass is 16.2. The standard InChI is InChI=1S/C12H16N4O2/c1-14-10-9(11(17)15(2)12(14)18)13-7-16(10)8-5-3-4-6-8/h7-8H,3-6H2,1-2H3. The van der Waals surface area contributed by atoms with Crippen molar-refractivity contribution in [2.45, 2.75) is 31.7 Å². The molecule has 2 aromatic heterocycles. The lowest BCUT2D eigenvalue weighted by molar-refractivity contribution is 0.520. The van der Waals surface area contributed by atoms with E-state index in [9.17, 15) is 9.59 Å². The Hall–Kier alpha value is -1.85. The quantitative estimate of drug-likeness (QED) is 0.740. The van der Waals surface area contributed by atoms with Crippen LogP contribution in [0.4, 0.5) is 0 Å². The molecule has 18 heavy (non-hydrogen) atoms. The first-order valence-electron chi connectivity index (χ1n) is 6.24. The largest absolute Gasteiger partial charge is 0.332 e. The van der Waals surface area contributed by atoms with Crippen molar-refractivity contribution >= 4 is 11.2 Å². The second-order valence-corrected chi connectivity index (χ2v) is 4.97. The second-order valence-electron chi connectivity index (χ2n) is 4.97. The highest BCUT2D eigenvalue weighted by molar-refractivity contribution is 5.70. The van der Waals surface area contributed by atoms with Gasteiger partial charge in [0.05, 0.1) is 6.33 Å². The van der Waals surface area contributed by atoms with Crippen molar-refractivity contribution in [3.05, 3.63) is 27.2 Å². The first kappa shape index (κ1) is 11.3. The molecule has 6 heteroatoms. The number of nitrogens with zero attached hydrogens (tertiary/aromatic N) is 4. The summed E-state index contributed by atoms with van der Waals surface area (Å²) in [4.78, 5) is 28.2. The molecule has 6 nitrogen and oxygen atoms in total. The molecule has 0 amide bonds. The Kier molecular flexibility index (Phi) is 2.39. The summed E-state index contributed by atoms with van der Waals surface area (Å²) in [5.74, 6) is 0. The zero-order valence-electron chi connectivity index (χ0n) is 10.6. The molecule has 3 rings (SSSR count). The second kappa shape index (κ2) is 3.83. The average molecular weight is 248 g/mol. The molecule has 96 valence electrons. The Morgan fingerprint density at radius 2 is 1.83 bits per heavy atom. The van der Waals surface area contributed by atoms with Gasteiger partial charge in [-0.1, -0.05) is 12.8 Å². The van der Waals surface area contributed by atoms with Crippen molar-refractivity contribution in [3.63, 3.8) is 0 Å². The van der Waals surface area contributed by atoms with E-state index < -0.39 is 0 Å². The first-order valence-corrected chi connectivity index (χ1v) is 6.24. The number of imidazole rings is 1. The summed E-state index contributed by atoms with van der Waals surface area (Å²) < 4.78 is 4.61. The van der Waals surface area contributed by atoms with Crippen LogP contribution in [0.25, 0.3) is 11.2 Å². The minimum Gasteiger partial charge on any atom is -0.313 e. The zero-order chi connectivity index (χ0) is 12.9. The summed E-state index contributed by atoms with van der Waals surface area (Å²) in [5, 5.41) is 0. The molecule has 0 atom stereocenters. The maximum absolute atomic E-state index is 12.0. The summed E-state index contributed by atoms with van der Waals surface area (Å²) >= 11 is 0. The molecule has 1 aliphatic carbocycles. The molecule has 2 heterocycles. The van der Waals surface area contributed by atoms with Crippen LogP contribution >= 0.6 is 0 Å². The molecule has 1 saturated carbocycles. The Morgan fingerprint density at radius 1 is 1.17 bits per heavy atom. The van der Waals surface area contributed by atoms with E-state index in [1.807, 2.05) is 4.57 Å². The van der Waals surface area contributed by atoms with Gasteiger partial charge in [0.1, 0.15) is 5.65 Å². The summed E-state index contributed by atoms with van der Waals surface area (Å²) in [6, 6.07) is 0.368. The van der Waals surface area contributed by atoms with Gasteiger partial charge in [0.25, 0.3) is 5.56 Å². The predicted octanol–water partition coefficient (Wildman–Crippen LogP) is 0.549. The van der Waals surface area contributed by atoms with Crippen LogP contribution < -0.4 is 11.2 Å². The van der Waals surface area contributed by atoms with Crippen molar-refractivity contribution in [1.82, 2.24) is 18.7 Å². The highest BCUT2D eigenvalue weighted by Crippen LogP contribution is 2.30. The molecule has 0 saturated heterocycles. The first-order chi connectivity index (χ1) is 8.61. The van der Waals surface area contributed by atoms with Gasteiger partial charge >= 0.3 is 5.69 Å². The number of hydrogen-bond acceptors (Lipinski definition) is 3. The maximum atomic E-state index is 12.0. The zero-order valence-corrected chi connectivity index (χ0v) is 10.6. The smallest absolute Gasteiger partial charge is 0.313 e. The van der Waals surface area contributed by atoms with Crippen molar-refractivity contribution in [3.8, 4) is 0 Å². The lowest BCUT2D eigenvalue weighted by Crippen LogP contribution is -2.37. The van der Waals surface area contributed by atoms with E-state index in [2.05, 4.69) is 4.98 Å². The van der Waals surface area contributed by atoms with Gasteiger partial charge in [-0.15, -0.1) is 0 Å². The van der Waals surface area contributed by atoms with Gasteiger partial charge in [0, 0.05) is 20.1 Å². The van der Waals surface area contributed by atoms with Crippen molar-refractivity contribution in [2.75, 3.05) is 0 Å². The Bertz CT molecular complexity index is 716. The SMILES string of the molecule is Cn1c(=O)c2ncn(C3CCCC3)c2n(C)c1=O. The van der Waals surface area contributed by atoms with Crippen molar-refractivity contribution < 1.29 is 0 Å². The molecular formula is C12H16N4O2. The predicted molar refractivity (Wildman–Crippen MR) is 67.7 cm³/mol. The summed E-state index contributed by atoms with van der Waals surface area (Å²) in [6.45, 7) is 0. The fourth-order valence-corrected chi connectivity index (χ4v) is 2.85. The van der Waals surface area contributed by atoms with Gasteiger partial charge in [-0.2, -0.15) is 0 Å². The van der Waals surface area contributed by atoms with Crippen LogP contribution in [0.5, 0.6) is 0 Å². The molecule has 0 unspecified atom stereocenters. The summed E-state index contributed by atoms with van der Waals surface area (Å²) in [5.41, 5.74) is 0.415. The molecule has 2 aromatic rings. The van der Waals surface area contributed by atoms with E-state index in [1.165, 1.54) is 24.5 Å². The molecule has 0 radical (unpaired) electrons. The molecule has 0 bridgehead atoms. The van der Waals surface area contributed by atoms with Gasteiger partial charge in [-0.25, -0.2) is 9.78 Å². The Balaban J connectivity index is 2.37. The molecule has 1 fully saturated rings. The monoisotopic (exact) mass is 248 g/mol. The normalized spacial score (nSPS) is 16.8. The van der Waals surface area contributed by atoms with E-state index in [0.717, 1.165) is 17.4 Å². The van der Waals surface area contributed by atoms with E-state index >= 15 is 0 Å². The van der Waals surface area contributed by atoms with Crippen LogP contribution in [0.15, 0.2) is 15.9 Å². The third-order valence-corrected chi connectivity index (χ3v) is 3.88. The van der Waals surface area contributed by atoms with Crippen LogP contribution in [0, 0.1) is 0 Å². The fraction of sp³-hybridized carbons (Fsp3) is 0.583. The van der Waals surface area contributed by atoms with Crippen molar-refractivity contribution in [2.24, 2.45) is 14.1 Å². The topological polar surface area (TPSA) is 61.8 Å². The van der Waals surface area contributed by atoms with Crippen molar-refractivity contribution in [1.29, 1.82) is 0 Å². The molecular weight excluding hydrogens is 232 g/mol. The van der Waals surface area contributed by atoms with Gasteiger partial charge in [-0.3, -0.25) is 13.9 Å². The molecule has 1 aliphatic rings. The number of aryl methyl sites for hydroxylation is 1. The average Bonchev–Trinajstić information content (AvgIpc) is 3.01. The Labute approximate surface area is 103 Å². The third-order valence-electron chi connectivity index (χ3n) is 3.88. The van der Waals surface area contributed by atoms with Gasteiger partial charge in [-0.05, 0) is 12.8 Å². The van der Waals surface area contributed by atoms with Crippen LogP contribution in [0.3, 0.4) is 0 Å². The van der Waals surface area contributed by atoms with E-state index in [4.69, 9.17) is 0 Å². The van der Waals surface area contributed by atoms with Crippen LogP contribution in [0.2, 0.25) is 0 Å². The van der Waals surface area contributed by atoms with E-state index in [-0.39, 0.29) is 11.2 Å². The van der Waals surface area contributed by atoms with E-state index in [0.29, 0.717) is 17.2 Å². The molecule has 0 aliphatic heterocycles. The number of rotatable bonds is 1. The minimum absolute atomic E-state index is 0.299. The van der Waals surface area contributed by atoms with E-state index in [1.54, 1.807) is 13.4 Å². The maximum Gasteiger partial charge on any atom is 0.332 e. The third kappa shape index (κ3) is 1.38. The highest BCUT2D eigenvalue weighted by Gasteiger charge is 2.22. The van der Waals surface area contributed by atoms with Crippen LogP contribution in [-0.4, -0.2) is 18.7 Å². The molecule has 0 aromatic carbocycles.